The number of esters is 1. The molecule has 0 saturated heterocycles. The van der Waals surface area contributed by atoms with Crippen LogP contribution in [-0.4, -0.2) is 27.7 Å². The molecule has 1 atom stereocenters. The quantitative estimate of drug-likeness (QED) is 0.762. The van der Waals surface area contributed by atoms with E-state index in [1.165, 1.54) is 11.3 Å². The predicted octanol–water partition coefficient (Wildman–Crippen LogP) is 2.89. The number of rotatable bonds is 6. The molecular formula is C13H17N3O3S. The van der Waals surface area contributed by atoms with E-state index in [1.807, 2.05) is 19.2 Å². The second-order valence-corrected chi connectivity index (χ2v) is 5.48. The van der Waals surface area contributed by atoms with Gasteiger partial charge in [-0.2, -0.15) is 4.98 Å². The minimum atomic E-state index is -0.519. The van der Waals surface area contributed by atoms with Crippen molar-refractivity contribution in [1.82, 2.24) is 15.1 Å². The van der Waals surface area contributed by atoms with Gasteiger partial charge in [0.1, 0.15) is 11.6 Å². The van der Waals surface area contributed by atoms with Gasteiger partial charge in [-0.15, -0.1) is 11.3 Å². The lowest BCUT2D eigenvalue weighted by molar-refractivity contribution is -0.146. The summed E-state index contributed by atoms with van der Waals surface area (Å²) in [6.07, 6.45) is 0.609. The Labute approximate surface area is 121 Å². The normalized spacial score (nSPS) is 12.6. The fourth-order valence-corrected chi connectivity index (χ4v) is 2.35. The van der Waals surface area contributed by atoms with Gasteiger partial charge in [0.15, 0.2) is 0 Å². The lowest BCUT2D eigenvalue weighted by Crippen LogP contribution is -2.18. The van der Waals surface area contributed by atoms with Crippen molar-refractivity contribution in [2.75, 3.05) is 6.61 Å². The summed E-state index contributed by atoms with van der Waals surface area (Å²) in [5.74, 6) is 0.169. The molecule has 2 rings (SSSR count). The maximum Gasteiger partial charge on any atom is 0.318 e. The fourth-order valence-electron chi connectivity index (χ4n) is 1.82. The Kier molecular flexibility index (Phi) is 4.84. The molecule has 108 valence electrons. The molecule has 0 N–H and O–H groups in total. The van der Waals surface area contributed by atoms with E-state index < -0.39 is 5.92 Å². The zero-order chi connectivity index (χ0) is 14.5. The van der Waals surface area contributed by atoms with Crippen molar-refractivity contribution < 1.29 is 14.1 Å². The van der Waals surface area contributed by atoms with Gasteiger partial charge in [-0.1, -0.05) is 19.0 Å². The number of ether oxygens (including phenoxy) is 1. The molecule has 0 radical (unpaired) electrons. The van der Waals surface area contributed by atoms with Gasteiger partial charge in [0.05, 0.1) is 12.1 Å². The summed E-state index contributed by atoms with van der Waals surface area (Å²) < 4.78 is 10.3. The summed E-state index contributed by atoms with van der Waals surface area (Å²) in [5, 5.41) is 5.71. The summed E-state index contributed by atoms with van der Waals surface area (Å²) in [6.45, 7) is 6.17. The minimum absolute atomic E-state index is 0.292. The van der Waals surface area contributed by atoms with Crippen molar-refractivity contribution in [3.05, 3.63) is 16.8 Å². The van der Waals surface area contributed by atoms with Gasteiger partial charge >= 0.3 is 5.97 Å². The van der Waals surface area contributed by atoms with Gasteiger partial charge in [-0.25, -0.2) is 4.98 Å². The molecule has 0 amide bonds. The summed E-state index contributed by atoms with van der Waals surface area (Å²) in [4.78, 5) is 20.4. The zero-order valence-corrected chi connectivity index (χ0v) is 12.5. The number of carbonyl (C=O) groups is 1. The van der Waals surface area contributed by atoms with E-state index in [4.69, 9.17) is 9.26 Å². The molecule has 6 nitrogen and oxygen atoms in total. The molecule has 0 saturated carbocycles. The third-order valence-electron chi connectivity index (χ3n) is 2.68. The number of aromatic nitrogens is 3. The second-order valence-electron chi connectivity index (χ2n) is 4.76. The first kappa shape index (κ1) is 14.6. The summed E-state index contributed by atoms with van der Waals surface area (Å²) in [5.41, 5.74) is 2.35. The molecular weight excluding hydrogens is 278 g/mol. The van der Waals surface area contributed by atoms with Gasteiger partial charge in [-0.05, 0) is 19.3 Å². The van der Waals surface area contributed by atoms with Crippen LogP contribution in [0.4, 0.5) is 0 Å². The van der Waals surface area contributed by atoms with E-state index >= 15 is 0 Å². The average Bonchev–Trinajstić information content (AvgIpc) is 3.06. The van der Waals surface area contributed by atoms with Crippen LogP contribution in [0.25, 0.3) is 11.5 Å². The number of carbonyl (C=O) groups excluding carboxylic acids is 1. The topological polar surface area (TPSA) is 78.1 Å². The fraction of sp³-hybridized carbons (Fsp3) is 0.538. The van der Waals surface area contributed by atoms with Gasteiger partial charge < -0.3 is 9.26 Å². The van der Waals surface area contributed by atoms with E-state index in [0.717, 1.165) is 0 Å². The third-order valence-corrected chi connectivity index (χ3v) is 3.27. The van der Waals surface area contributed by atoms with Crippen LogP contribution in [-0.2, 0) is 9.53 Å². The van der Waals surface area contributed by atoms with Gasteiger partial charge in [0, 0.05) is 5.38 Å². The Balaban J connectivity index is 2.22. The third kappa shape index (κ3) is 3.41. The van der Waals surface area contributed by atoms with Crippen LogP contribution in [0.5, 0.6) is 0 Å². The Morgan fingerprint density at radius 3 is 2.90 bits per heavy atom. The van der Waals surface area contributed by atoms with Gasteiger partial charge in [0.25, 0.3) is 0 Å². The van der Waals surface area contributed by atoms with Crippen molar-refractivity contribution in [2.24, 2.45) is 5.92 Å². The number of hydrogen-bond donors (Lipinski definition) is 0. The van der Waals surface area contributed by atoms with Crippen molar-refractivity contribution in [1.29, 1.82) is 0 Å². The monoisotopic (exact) mass is 295 g/mol. The highest BCUT2D eigenvalue weighted by molar-refractivity contribution is 7.07. The molecule has 0 bridgehead atoms. The standard InChI is InChI=1S/C13H17N3O3S/c1-4-18-13(17)9(5-8(2)3)12-15-11(16-19-12)10-6-20-7-14-10/h6-9H,4-5H2,1-3H3. The summed E-state index contributed by atoms with van der Waals surface area (Å²) in [7, 11) is 0. The average molecular weight is 295 g/mol. The molecule has 0 spiro atoms. The van der Waals surface area contributed by atoms with Crippen LogP contribution in [0.3, 0.4) is 0 Å². The molecule has 7 heteroatoms. The second kappa shape index (κ2) is 6.60. The maximum atomic E-state index is 12.0. The van der Waals surface area contributed by atoms with Crippen molar-refractivity contribution in [3.8, 4) is 11.5 Å². The van der Waals surface area contributed by atoms with E-state index in [1.54, 1.807) is 12.4 Å². The van der Waals surface area contributed by atoms with E-state index in [0.29, 0.717) is 36.4 Å². The predicted molar refractivity (Wildman–Crippen MR) is 74.2 cm³/mol. The lowest BCUT2D eigenvalue weighted by Gasteiger charge is -2.13. The molecule has 0 aliphatic carbocycles. The van der Waals surface area contributed by atoms with Crippen molar-refractivity contribution >= 4 is 17.3 Å². The lowest BCUT2D eigenvalue weighted by atomic mass is 9.97. The highest BCUT2D eigenvalue weighted by Gasteiger charge is 2.29. The van der Waals surface area contributed by atoms with Crippen LogP contribution < -0.4 is 0 Å². The molecule has 0 aliphatic heterocycles. The van der Waals surface area contributed by atoms with Crippen molar-refractivity contribution in [2.45, 2.75) is 33.1 Å². The molecule has 0 aliphatic rings. The Morgan fingerprint density at radius 2 is 2.30 bits per heavy atom. The number of thiazole rings is 1. The number of hydrogen-bond acceptors (Lipinski definition) is 7. The molecule has 20 heavy (non-hydrogen) atoms. The van der Waals surface area contributed by atoms with E-state index in [9.17, 15) is 4.79 Å². The molecule has 2 heterocycles. The molecule has 0 fully saturated rings. The van der Waals surface area contributed by atoms with Crippen molar-refractivity contribution in [3.63, 3.8) is 0 Å². The largest absolute Gasteiger partial charge is 0.465 e. The van der Waals surface area contributed by atoms with Crippen LogP contribution in [0.15, 0.2) is 15.4 Å². The molecule has 0 aromatic carbocycles. The highest BCUT2D eigenvalue weighted by atomic mass is 32.1. The minimum Gasteiger partial charge on any atom is -0.465 e. The first-order chi connectivity index (χ1) is 9.61. The molecule has 2 aromatic rings. The Bertz CT molecular complexity index is 551. The Morgan fingerprint density at radius 1 is 1.50 bits per heavy atom. The SMILES string of the molecule is CCOC(=O)C(CC(C)C)c1nc(-c2cscn2)no1. The maximum absolute atomic E-state index is 12.0. The zero-order valence-electron chi connectivity index (χ0n) is 11.7. The van der Waals surface area contributed by atoms with Gasteiger partial charge in [-0.3, -0.25) is 4.79 Å². The van der Waals surface area contributed by atoms with Crippen LogP contribution >= 0.6 is 11.3 Å². The van der Waals surface area contributed by atoms with E-state index in [-0.39, 0.29) is 5.97 Å². The first-order valence-corrected chi connectivity index (χ1v) is 7.44. The summed E-state index contributed by atoms with van der Waals surface area (Å²) in [6, 6.07) is 0. The van der Waals surface area contributed by atoms with Gasteiger partial charge in [0.2, 0.25) is 11.7 Å². The van der Waals surface area contributed by atoms with Crippen LogP contribution in [0.1, 0.15) is 39.0 Å². The first-order valence-electron chi connectivity index (χ1n) is 6.50. The van der Waals surface area contributed by atoms with Crippen LogP contribution in [0.2, 0.25) is 0 Å². The van der Waals surface area contributed by atoms with Crippen LogP contribution in [0, 0.1) is 5.92 Å². The number of nitrogens with zero attached hydrogens (tertiary/aromatic N) is 3. The summed E-state index contributed by atoms with van der Waals surface area (Å²) >= 11 is 1.45. The Hall–Kier alpha value is -1.76. The highest BCUT2D eigenvalue weighted by Crippen LogP contribution is 2.26. The smallest absolute Gasteiger partial charge is 0.318 e. The van der Waals surface area contributed by atoms with E-state index in [2.05, 4.69) is 15.1 Å². The molecule has 1 unspecified atom stereocenters. The molecule has 2 aromatic heterocycles.